The first-order valence-corrected chi connectivity index (χ1v) is 3.46. The third kappa shape index (κ3) is 2.58. The number of rotatable bonds is 2. The maximum absolute atomic E-state index is 11.9. The zero-order valence-electron chi connectivity index (χ0n) is 6.50. The Labute approximate surface area is 59.4 Å². The second-order valence-corrected chi connectivity index (χ2v) is 2.72. The molecule has 0 radical (unpaired) electrons. The van der Waals surface area contributed by atoms with Gasteiger partial charge in [0.2, 0.25) is 0 Å². The Kier molecular flexibility index (Phi) is 3.19. The summed E-state index contributed by atoms with van der Waals surface area (Å²) in [6.07, 6.45) is -3.43. The van der Waals surface area contributed by atoms with E-state index in [4.69, 9.17) is 0 Å². The lowest BCUT2D eigenvalue weighted by Gasteiger charge is -2.20. The molecule has 2 atom stereocenters. The molecule has 3 heteroatoms. The minimum absolute atomic E-state index is 0.264. The van der Waals surface area contributed by atoms with Gasteiger partial charge in [-0.3, -0.25) is 0 Å². The lowest BCUT2D eigenvalue weighted by atomic mass is 9.93. The first-order valence-electron chi connectivity index (χ1n) is 3.46. The zero-order valence-corrected chi connectivity index (χ0v) is 6.50. The smallest absolute Gasteiger partial charge is 0.171 e. The summed E-state index contributed by atoms with van der Waals surface area (Å²) >= 11 is 0. The van der Waals surface area contributed by atoms with Gasteiger partial charge in [-0.05, 0) is 5.92 Å². The summed E-state index contributed by atoms with van der Waals surface area (Å²) in [5, 5.41) is 0. The standard InChI is InChI=1S/C7H13F3/c1-4-5(2)6(3)7(8,9)10/h5-6H,4H2,1-3H3/t5-,6?/m1/s1. The van der Waals surface area contributed by atoms with Crippen LogP contribution in [-0.2, 0) is 0 Å². The van der Waals surface area contributed by atoms with Crippen molar-refractivity contribution in [3.63, 3.8) is 0 Å². The van der Waals surface area contributed by atoms with Gasteiger partial charge < -0.3 is 0 Å². The molecule has 0 aromatic carbocycles. The lowest BCUT2D eigenvalue weighted by Crippen LogP contribution is -2.25. The van der Waals surface area contributed by atoms with Crippen molar-refractivity contribution in [3.8, 4) is 0 Å². The van der Waals surface area contributed by atoms with Crippen LogP contribution in [0.1, 0.15) is 27.2 Å². The fourth-order valence-corrected chi connectivity index (χ4v) is 0.676. The van der Waals surface area contributed by atoms with Gasteiger partial charge in [-0.15, -0.1) is 0 Å². The molecule has 62 valence electrons. The second-order valence-electron chi connectivity index (χ2n) is 2.72. The molecular weight excluding hydrogens is 141 g/mol. The van der Waals surface area contributed by atoms with Gasteiger partial charge in [0, 0.05) is 0 Å². The van der Waals surface area contributed by atoms with E-state index < -0.39 is 12.1 Å². The number of alkyl halides is 3. The van der Waals surface area contributed by atoms with Crippen molar-refractivity contribution in [2.75, 3.05) is 0 Å². The summed E-state index contributed by atoms with van der Waals surface area (Å²) in [5.41, 5.74) is 0. The Balaban J connectivity index is 3.94. The molecule has 10 heavy (non-hydrogen) atoms. The Hall–Kier alpha value is -0.210. The van der Waals surface area contributed by atoms with E-state index in [1.165, 1.54) is 6.92 Å². The molecule has 0 fully saturated rings. The van der Waals surface area contributed by atoms with Gasteiger partial charge in [-0.2, -0.15) is 13.2 Å². The second kappa shape index (κ2) is 3.26. The van der Waals surface area contributed by atoms with Crippen LogP contribution in [0.5, 0.6) is 0 Å². The average molecular weight is 154 g/mol. The van der Waals surface area contributed by atoms with Gasteiger partial charge in [0.05, 0.1) is 5.92 Å². The third-order valence-corrected chi connectivity index (χ3v) is 2.01. The van der Waals surface area contributed by atoms with E-state index in [1.54, 1.807) is 13.8 Å². The summed E-state index contributed by atoms with van der Waals surface area (Å²) in [4.78, 5) is 0. The van der Waals surface area contributed by atoms with Crippen LogP contribution < -0.4 is 0 Å². The monoisotopic (exact) mass is 154 g/mol. The Morgan fingerprint density at radius 1 is 1.20 bits per heavy atom. The SMILES string of the molecule is CC[C@@H](C)C(C)C(F)(F)F. The normalized spacial score (nSPS) is 18.6. The maximum Gasteiger partial charge on any atom is 0.391 e. The first-order chi connectivity index (χ1) is 4.39. The topological polar surface area (TPSA) is 0 Å². The minimum Gasteiger partial charge on any atom is -0.171 e. The molecule has 0 aliphatic rings. The highest BCUT2D eigenvalue weighted by atomic mass is 19.4. The molecule has 0 aromatic heterocycles. The molecule has 0 nitrogen and oxygen atoms in total. The highest BCUT2D eigenvalue weighted by Crippen LogP contribution is 2.32. The molecule has 0 saturated heterocycles. The largest absolute Gasteiger partial charge is 0.391 e. The van der Waals surface area contributed by atoms with Gasteiger partial charge in [0.1, 0.15) is 0 Å². The average Bonchev–Trinajstić information content (AvgIpc) is 1.83. The van der Waals surface area contributed by atoms with Crippen molar-refractivity contribution in [3.05, 3.63) is 0 Å². The van der Waals surface area contributed by atoms with Gasteiger partial charge in [0.25, 0.3) is 0 Å². The van der Waals surface area contributed by atoms with Gasteiger partial charge in [-0.25, -0.2) is 0 Å². The van der Waals surface area contributed by atoms with E-state index >= 15 is 0 Å². The molecule has 0 saturated carbocycles. The third-order valence-electron chi connectivity index (χ3n) is 2.01. The van der Waals surface area contributed by atoms with Gasteiger partial charge in [-0.1, -0.05) is 27.2 Å². The van der Waals surface area contributed by atoms with Crippen molar-refractivity contribution in [1.82, 2.24) is 0 Å². The predicted molar refractivity (Wildman–Crippen MR) is 34.7 cm³/mol. The first kappa shape index (κ1) is 9.79. The number of hydrogen-bond donors (Lipinski definition) is 0. The molecule has 1 unspecified atom stereocenters. The van der Waals surface area contributed by atoms with Gasteiger partial charge in [0.15, 0.2) is 0 Å². The van der Waals surface area contributed by atoms with Crippen molar-refractivity contribution in [2.24, 2.45) is 11.8 Å². The quantitative estimate of drug-likeness (QED) is 0.572. The molecule has 0 heterocycles. The van der Waals surface area contributed by atoms with E-state index in [0.29, 0.717) is 6.42 Å². The van der Waals surface area contributed by atoms with E-state index in [-0.39, 0.29) is 5.92 Å². The molecule has 0 N–H and O–H groups in total. The van der Waals surface area contributed by atoms with Crippen LogP contribution in [0.3, 0.4) is 0 Å². The van der Waals surface area contributed by atoms with Crippen LogP contribution >= 0.6 is 0 Å². The Bertz CT molecular complexity index is 95.5. The summed E-state index contributed by atoms with van der Waals surface area (Å²) in [6.45, 7) is 4.62. The highest BCUT2D eigenvalue weighted by Gasteiger charge is 2.38. The van der Waals surface area contributed by atoms with E-state index in [9.17, 15) is 13.2 Å². The molecular formula is C7H13F3. The van der Waals surface area contributed by atoms with Crippen LogP contribution in [-0.4, -0.2) is 6.18 Å². The Morgan fingerprint density at radius 3 is 1.70 bits per heavy atom. The van der Waals surface area contributed by atoms with Crippen molar-refractivity contribution < 1.29 is 13.2 Å². The van der Waals surface area contributed by atoms with Gasteiger partial charge >= 0.3 is 6.18 Å². The van der Waals surface area contributed by atoms with Crippen molar-refractivity contribution in [2.45, 2.75) is 33.4 Å². The molecule has 0 aliphatic carbocycles. The van der Waals surface area contributed by atoms with Crippen LogP contribution in [0.25, 0.3) is 0 Å². The summed E-state index contributed by atoms with van der Waals surface area (Å²) in [5.74, 6) is -1.43. The highest BCUT2D eigenvalue weighted by molar-refractivity contribution is 4.67. The van der Waals surface area contributed by atoms with Crippen LogP contribution in [0.2, 0.25) is 0 Å². The van der Waals surface area contributed by atoms with E-state index in [0.717, 1.165) is 0 Å². The fourth-order valence-electron chi connectivity index (χ4n) is 0.676. The number of halogens is 3. The molecule has 0 rings (SSSR count). The van der Waals surface area contributed by atoms with Crippen LogP contribution in [0, 0.1) is 11.8 Å². The molecule has 0 spiro atoms. The zero-order chi connectivity index (χ0) is 8.36. The van der Waals surface area contributed by atoms with Crippen LogP contribution in [0.4, 0.5) is 13.2 Å². The molecule has 0 bridgehead atoms. The maximum atomic E-state index is 11.9. The number of hydrogen-bond acceptors (Lipinski definition) is 0. The van der Waals surface area contributed by atoms with Crippen LogP contribution in [0.15, 0.2) is 0 Å². The van der Waals surface area contributed by atoms with Crippen molar-refractivity contribution >= 4 is 0 Å². The molecule has 0 amide bonds. The van der Waals surface area contributed by atoms with E-state index in [2.05, 4.69) is 0 Å². The molecule has 0 aliphatic heterocycles. The molecule has 0 aromatic rings. The summed E-state index contributed by atoms with van der Waals surface area (Å²) < 4.78 is 35.7. The fraction of sp³-hybridized carbons (Fsp3) is 1.00. The predicted octanol–water partition coefficient (Wildman–Crippen LogP) is 3.23. The lowest BCUT2D eigenvalue weighted by molar-refractivity contribution is -0.182. The summed E-state index contributed by atoms with van der Waals surface area (Å²) in [7, 11) is 0. The van der Waals surface area contributed by atoms with E-state index in [1.807, 2.05) is 0 Å². The van der Waals surface area contributed by atoms with Crippen molar-refractivity contribution in [1.29, 1.82) is 0 Å². The summed E-state index contributed by atoms with van der Waals surface area (Å²) in [6, 6.07) is 0. The Morgan fingerprint density at radius 2 is 1.60 bits per heavy atom. The minimum atomic E-state index is -4.02.